The first kappa shape index (κ1) is 16.8. The number of carbonyl (C=O) groups is 1. The van der Waals surface area contributed by atoms with Crippen LogP contribution in [0.1, 0.15) is 32.0 Å². The van der Waals surface area contributed by atoms with Crippen LogP contribution in [0.4, 0.5) is 4.79 Å². The van der Waals surface area contributed by atoms with Crippen LogP contribution in [0.15, 0.2) is 24.3 Å². The molecule has 1 aliphatic rings. The quantitative estimate of drug-likeness (QED) is 0.862. The van der Waals surface area contributed by atoms with E-state index < -0.39 is 11.7 Å². The van der Waals surface area contributed by atoms with Crippen LogP contribution in [0.5, 0.6) is 5.75 Å². The van der Waals surface area contributed by atoms with E-state index >= 15 is 0 Å². The van der Waals surface area contributed by atoms with E-state index in [4.69, 9.17) is 10.00 Å². The molecule has 0 saturated carbocycles. The Labute approximate surface area is 146 Å². The molecule has 2 heterocycles. The van der Waals surface area contributed by atoms with Crippen molar-refractivity contribution in [3.8, 4) is 23.1 Å². The first-order valence-corrected chi connectivity index (χ1v) is 8.05. The normalized spacial score (nSPS) is 13.9. The van der Waals surface area contributed by atoms with Crippen LogP contribution >= 0.6 is 0 Å². The second kappa shape index (κ2) is 6.13. The van der Waals surface area contributed by atoms with E-state index in [1.165, 1.54) is 0 Å². The van der Waals surface area contributed by atoms with Crippen molar-refractivity contribution in [2.75, 3.05) is 6.54 Å². The Hall–Kier alpha value is -3.01. The maximum Gasteiger partial charge on any atom is 0.410 e. The molecule has 1 aliphatic heterocycles. The first-order chi connectivity index (χ1) is 11.8. The molecular formula is C18H20N4O3. The number of ether oxygens (including phenoxy) is 1. The molecule has 0 spiro atoms. The molecule has 1 N–H and O–H groups in total. The number of fused-ring (bicyclic) bond motifs is 1. The number of carbonyl (C=O) groups excluding carboxylic acids is 1. The third-order valence-electron chi connectivity index (χ3n) is 3.89. The average molecular weight is 340 g/mol. The second-order valence-corrected chi connectivity index (χ2v) is 6.96. The summed E-state index contributed by atoms with van der Waals surface area (Å²) < 4.78 is 7.11. The highest BCUT2D eigenvalue weighted by atomic mass is 16.6. The number of nitriles is 1. The molecule has 1 aromatic carbocycles. The average Bonchev–Trinajstić information content (AvgIpc) is 2.90. The third-order valence-corrected chi connectivity index (χ3v) is 3.89. The summed E-state index contributed by atoms with van der Waals surface area (Å²) >= 11 is 0. The van der Waals surface area contributed by atoms with Gasteiger partial charge in [-0.3, -0.25) is 4.68 Å². The highest BCUT2D eigenvalue weighted by Gasteiger charge is 2.29. The Morgan fingerprint density at radius 1 is 1.28 bits per heavy atom. The van der Waals surface area contributed by atoms with Crippen LogP contribution in [0.2, 0.25) is 0 Å². The van der Waals surface area contributed by atoms with Gasteiger partial charge in [0, 0.05) is 12.1 Å². The zero-order valence-corrected chi connectivity index (χ0v) is 14.5. The van der Waals surface area contributed by atoms with E-state index in [1.807, 2.05) is 20.8 Å². The summed E-state index contributed by atoms with van der Waals surface area (Å²) in [6, 6.07) is 8.92. The minimum atomic E-state index is -0.565. The molecule has 130 valence electrons. The van der Waals surface area contributed by atoms with Gasteiger partial charge >= 0.3 is 6.09 Å². The molecule has 0 radical (unpaired) electrons. The smallest absolute Gasteiger partial charge is 0.410 e. The van der Waals surface area contributed by atoms with Gasteiger partial charge in [0.25, 0.3) is 0 Å². The van der Waals surface area contributed by atoms with Crippen molar-refractivity contribution in [3.05, 3.63) is 35.5 Å². The van der Waals surface area contributed by atoms with Gasteiger partial charge in [-0.1, -0.05) is 12.1 Å². The van der Waals surface area contributed by atoms with E-state index in [-0.39, 0.29) is 12.3 Å². The molecule has 25 heavy (non-hydrogen) atoms. The lowest BCUT2D eigenvalue weighted by molar-refractivity contribution is 0.0193. The molecule has 0 bridgehead atoms. The van der Waals surface area contributed by atoms with E-state index in [0.717, 1.165) is 5.56 Å². The second-order valence-electron chi connectivity index (χ2n) is 6.96. The summed E-state index contributed by atoms with van der Waals surface area (Å²) in [5.74, 6) is 0.0537. The van der Waals surface area contributed by atoms with Crippen molar-refractivity contribution < 1.29 is 14.6 Å². The maximum atomic E-state index is 12.2. The fourth-order valence-electron chi connectivity index (χ4n) is 2.68. The van der Waals surface area contributed by atoms with Crippen LogP contribution < -0.4 is 0 Å². The van der Waals surface area contributed by atoms with E-state index in [2.05, 4.69) is 11.2 Å². The van der Waals surface area contributed by atoms with Crippen LogP contribution in [0, 0.1) is 11.3 Å². The van der Waals surface area contributed by atoms with E-state index in [9.17, 15) is 9.90 Å². The van der Waals surface area contributed by atoms with Gasteiger partial charge in [0.2, 0.25) is 0 Å². The lowest BCUT2D eigenvalue weighted by Crippen LogP contribution is -2.41. The molecule has 0 unspecified atom stereocenters. The molecule has 0 fully saturated rings. The maximum absolute atomic E-state index is 12.2. The molecule has 7 nitrogen and oxygen atoms in total. The summed E-state index contributed by atoms with van der Waals surface area (Å²) in [6.07, 6.45) is -0.403. The number of rotatable bonds is 1. The molecule has 7 heteroatoms. The molecule has 0 atom stereocenters. The monoisotopic (exact) mass is 340 g/mol. The van der Waals surface area contributed by atoms with Crippen molar-refractivity contribution in [1.82, 2.24) is 14.7 Å². The predicted molar refractivity (Wildman–Crippen MR) is 90.7 cm³/mol. The minimum Gasteiger partial charge on any atom is -0.504 e. The first-order valence-electron chi connectivity index (χ1n) is 8.05. The van der Waals surface area contributed by atoms with Gasteiger partial charge in [-0.25, -0.2) is 4.79 Å². The van der Waals surface area contributed by atoms with Crippen LogP contribution in [0.25, 0.3) is 11.3 Å². The molecule has 2 aromatic rings. The van der Waals surface area contributed by atoms with Gasteiger partial charge < -0.3 is 14.7 Å². The fraction of sp³-hybridized carbons (Fsp3) is 0.389. The highest BCUT2D eigenvalue weighted by molar-refractivity contribution is 5.70. The van der Waals surface area contributed by atoms with E-state index in [0.29, 0.717) is 30.0 Å². The fourth-order valence-corrected chi connectivity index (χ4v) is 2.68. The minimum absolute atomic E-state index is 0.0537. The number of amides is 1. The number of hydrogen-bond donors (Lipinski definition) is 1. The number of hydrogen-bond acceptors (Lipinski definition) is 5. The van der Waals surface area contributed by atoms with Crippen molar-refractivity contribution in [2.24, 2.45) is 0 Å². The Morgan fingerprint density at radius 2 is 1.96 bits per heavy atom. The van der Waals surface area contributed by atoms with Crippen molar-refractivity contribution in [1.29, 1.82) is 5.26 Å². The van der Waals surface area contributed by atoms with Gasteiger partial charge in [-0.2, -0.15) is 10.4 Å². The number of benzene rings is 1. The third kappa shape index (κ3) is 3.43. The van der Waals surface area contributed by atoms with Crippen LogP contribution in [-0.2, 0) is 17.8 Å². The predicted octanol–water partition coefficient (Wildman–Crippen LogP) is 2.88. The van der Waals surface area contributed by atoms with Gasteiger partial charge in [0.1, 0.15) is 17.0 Å². The SMILES string of the molecule is CC(C)(C)OC(=O)N1CCn2nc(-c3ccc(C#N)cc3)c(O)c2C1. The summed E-state index contributed by atoms with van der Waals surface area (Å²) in [4.78, 5) is 13.8. The Bertz CT molecular complexity index is 841. The van der Waals surface area contributed by atoms with Gasteiger partial charge in [-0.05, 0) is 32.9 Å². The van der Waals surface area contributed by atoms with Crippen LogP contribution in [0.3, 0.4) is 0 Å². The van der Waals surface area contributed by atoms with Crippen LogP contribution in [-0.4, -0.2) is 38.0 Å². The van der Waals surface area contributed by atoms with Gasteiger partial charge in [0.05, 0.1) is 24.7 Å². The number of aromatic hydroxyl groups is 1. The lowest BCUT2D eigenvalue weighted by Gasteiger charge is -2.30. The molecule has 1 aromatic heterocycles. The Balaban J connectivity index is 1.85. The van der Waals surface area contributed by atoms with Crippen molar-refractivity contribution >= 4 is 6.09 Å². The zero-order valence-electron chi connectivity index (χ0n) is 14.5. The number of nitrogens with zero attached hydrogens (tertiary/aromatic N) is 4. The Kier molecular flexibility index (Phi) is 4.13. The summed E-state index contributed by atoms with van der Waals surface area (Å²) in [7, 11) is 0. The highest BCUT2D eigenvalue weighted by Crippen LogP contribution is 2.34. The topological polar surface area (TPSA) is 91.4 Å². The Morgan fingerprint density at radius 3 is 2.56 bits per heavy atom. The molecule has 3 rings (SSSR count). The largest absolute Gasteiger partial charge is 0.504 e. The standard InChI is InChI=1S/C18H20N4O3/c1-18(2,3)25-17(24)21-8-9-22-14(11-21)16(23)15(20-22)13-6-4-12(10-19)5-7-13/h4-7,23H,8-9,11H2,1-3H3. The zero-order chi connectivity index (χ0) is 18.2. The molecular weight excluding hydrogens is 320 g/mol. The van der Waals surface area contributed by atoms with Gasteiger partial charge in [-0.15, -0.1) is 0 Å². The molecule has 0 saturated heterocycles. The molecule has 1 amide bonds. The van der Waals surface area contributed by atoms with E-state index in [1.54, 1.807) is 33.8 Å². The van der Waals surface area contributed by atoms with Crippen molar-refractivity contribution in [3.63, 3.8) is 0 Å². The van der Waals surface area contributed by atoms with Gasteiger partial charge in [0.15, 0.2) is 5.75 Å². The van der Waals surface area contributed by atoms with Crippen molar-refractivity contribution in [2.45, 2.75) is 39.5 Å². The molecule has 0 aliphatic carbocycles. The lowest BCUT2D eigenvalue weighted by atomic mass is 10.1. The summed E-state index contributed by atoms with van der Waals surface area (Å²) in [6.45, 7) is 6.65. The summed E-state index contributed by atoms with van der Waals surface area (Å²) in [5, 5.41) is 23.9. The number of aromatic nitrogens is 2. The summed E-state index contributed by atoms with van der Waals surface area (Å²) in [5.41, 5.74) is 1.73.